The average Bonchev–Trinajstić information content (AvgIpc) is 1.60. The second kappa shape index (κ2) is 45.7. The number of imidazole rings is 4. The van der Waals surface area contributed by atoms with Gasteiger partial charge in [0.25, 0.3) is 0 Å². The third kappa shape index (κ3) is 24.5. The molecule has 0 saturated carbocycles. The van der Waals surface area contributed by atoms with Gasteiger partial charge in [0.05, 0.1) is 110 Å². The van der Waals surface area contributed by atoms with E-state index in [9.17, 15) is 24.0 Å². The molecule has 3 fully saturated rings. The van der Waals surface area contributed by atoms with E-state index in [1.54, 1.807) is 107 Å². The lowest BCUT2D eigenvalue weighted by Gasteiger charge is -2.26. The molecule has 136 heavy (non-hydrogen) atoms. The molecular formula is C94H97N29O13. The number of aromatic amines is 4. The van der Waals surface area contributed by atoms with Gasteiger partial charge in [-0.05, 0) is 141 Å². The van der Waals surface area contributed by atoms with Crippen LogP contribution in [0.3, 0.4) is 0 Å². The number of ketones is 1. The Bertz CT molecular complexity index is 6510. The van der Waals surface area contributed by atoms with Gasteiger partial charge in [-0.15, -0.1) is 0 Å². The summed E-state index contributed by atoms with van der Waals surface area (Å²) in [6, 6.07) is 34.2. The lowest BCUT2D eigenvalue weighted by Crippen LogP contribution is -2.38. The number of Topliss-reactive ketones (excluding diaryl/α,β-unsaturated/α-hetero) is 1. The number of urea groups is 1. The number of morpholine rings is 3. The molecule has 696 valence electrons. The largest absolute Gasteiger partial charge is 0.462 e. The molecule has 0 unspecified atom stereocenters. The van der Waals surface area contributed by atoms with Crippen molar-refractivity contribution in [3.8, 4) is 102 Å². The molecule has 3 saturated heterocycles. The number of H-pyrrole nitrogens is 4. The van der Waals surface area contributed by atoms with Gasteiger partial charge in [-0.25, -0.2) is 89.0 Å². The summed E-state index contributed by atoms with van der Waals surface area (Å²) in [5.74, 6) is 2.88. The number of fused-ring (bicyclic) bond motifs is 4. The molecule has 19 rings (SSSR count). The van der Waals surface area contributed by atoms with Crippen molar-refractivity contribution in [2.45, 2.75) is 41.2 Å². The molecule has 0 aliphatic carbocycles. The highest BCUT2D eigenvalue weighted by molar-refractivity contribution is 6.02. The molecular weight excluding hydrogens is 1740 g/mol. The summed E-state index contributed by atoms with van der Waals surface area (Å²) in [6.45, 7) is 23.1. The molecule has 3 aliphatic heterocycles. The van der Waals surface area contributed by atoms with Crippen molar-refractivity contribution < 1.29 is 61.9 Å². The van der Waals surface area contributed by atoms with Crippen molar-refractivity contribution >= 4 is 98.0 Å². The van der Waals surface area contributed by atoms with Crippen LogP contribution in [0.4, 0.5) is 43.0 Å². The van der Waals surface area contributed by atoms with Gasteiger partial charge in [-0.2, -0.15) is 0 Å². The number of aromatic nitrogens is 21. The molecule has 16 aromatic rings. The highest BCUT2D eigenvalue weighted by Gasteiger charge is 2.24. The number of nitrogens with one attached hydrogen (secondary N) is 9. The minimum absolute atomic E-state index is 0.0885. The first-order valence-electron chi connectivity index (χ1n) is 44.1. The Morgan fingerprint density at radius 1 is 0.368 bits per heavy atom. The number of ether oxygens (including phenoxy) is 8. The summed E-state index contributed by atoms with van der Waals surface area (Å²) in [5, 5.41) is 13.2. The maximum absolute atomic E-state index is 12.0. The van der Waals surface area contributed by atoms with E-state index >= 15 is 0 Å². The van der Waals surface area contributed by atoms with Crippen LogP contribution < -0.4 is 36.1 Å². The quantitative estimate of drug-likeness (QED) is 0.0170. The Morgan fingerprint density at radius 3 is 1.08 bits per heavy atom. The molecule has 42 heteroatoms. The van der Waals surface area contributed by atoms with Gasteiger partial charge < -0.3 is 63.1 Å². The van der Waals surface area contributed by atoms with Gasteiger partial charge in [0.15, 0.2) is 17.4 Å². The summed E-state index contributed by atoms with van der Waals surface area (Å²) in [7, 11) is 0. The number of benzene rings is 4. The van der Waals surface area contributed by atoms with Gasteiger partial charge in [0, 0.05) is 191 Å². The van der Waals surface area contributed by atoms with Crippen LogP contribution in [0.15, 0.2) is 190 Å². The van der Waals surface area contributed by atoms with Gasteiger partial charge in [0.2, 0.25) is 23.8 Å². The topological polar surface area (TPSA) is 511 Å². The number of carbonyl (C=O) groups is 5. The fourth-order valence-corrected chi connectivity index (χ4v) is 14.7. The van der Waals surface area contributed by atoms with Crippen molar-refractivity contribution in [2.75, 3.05) is 153 Å². The van der Waals surface area contributed by atoms with E-state index in [-0.39, 0.29) is 43.5 Å². The van der Waals surface area contributed by atoms with Gasteiger partial charge in [0.1, 0.15) is 35.8 Å². The number of anilines is 4. The van der Waals surface area contributed by atoms with Crippen LogP contribution in [-0.4, -0.2) is 281 Å². The SMILES string of the molecule is CCNC(=O)Nc1nc2c(-c3ncccn3)cc(-c3cnc(OCCN4CCOCC4)nc3)cc2[nH]1.CCOC(=O)Nc1nc2c(-c3ccccn3)cc(-c3ccc(C(C)=O)nc3)cc2[nH]1.CCOC(=O)Nc1nc2c(-c3ccccn3)cc(-c3cnc(CN4CCOCC4)nc3)cc2[nH]1.CCOC(=O)Nc1nc2c(-c3ncccn3)cc(-c3cnc(OCCN4CCOCC4)nc3)cc2[nH]1. The fourth-order valence-electron chi connectivity index (χ4n) is 14.7. The van der Waals surface area contributed by atoms with Crippen LogP contribution in [-0.2, 0) is 35.0 Å². The Kier molecular flexibility index (Phi) is 31.2. The first-order valence-corrected chi connectivity index (χ1v) is 44.1. The normalized spacial score (nSPS) is 13.4. The van der Waals surface area contributed by atoms with Crippen molar-refractivity contribution in [3.63, 3.8) is 0 Å². The zero-order chi connectivity index (χ0) is 93.9. The number of rotatable bonds is 27. The highest BCUT2D eigenvalue weighted by Crippen LogP contribution is 2.38. The monoisotopic (exact) mass is 1840 g/mol. The number of carbonyl (C=O) groups excluding carboxylic acids is 5. The Morgan fingerprint density at radius 2 is 0.721 bits per heavy atom. The van der Waals surface area contributed by atoms with Gasteiger partial charge in [-0.3, -0.25) is 55.7 Å². The summed E-state index contributed by atoms with van der Waals surface area (Å²) in [6.07, 6.45) is 20.6. The molecule has 42 nitrogen and oxygen atoms in total. The average molecular weight is 1840 g/mol. The van der Waals surface area contributed by atoms with Crippen LogP contribution in [0.2, 0.25) is 0 Å². The van der Waals surface area contributed by atoms with E-state index in [4.69, 9.17) is 37.9 Å². The maximum atomic E-state index is 12.0. The lowest BCUT2D eigenvalue weighted by molar-refractivity contribution is 0.0316. The zero-order valence-corrected chi connectivity index (χ0v) is 75.0. The molecule has 15 heterocycles. The van der Waals surface area contributed by atoms with Crippen LogP contribution in [0.1, 0.15) is 50.9 Å². The van der Waals surface area contributed by atoms with Crippen molar-refractivity contribution in [1.82, 2.24) is 125 Å². The standard InChI is InChI=1S/C24H27N9O3.C24H26N8O4.C24H25N7O3.C22H19N5O3/c1-2-25-23(34)32-22-30-19-13-16(12-18(20(19)31-22)21-26-4-3-5-27-21)17-14-28-24(29-15-17)36-11-8-33-6-9-35-10-7-33;1-2-35-24(33)31-22-29-19-13-16(12-18(20(19)30-22)21-25-4-3-5-26-21)17-14-27-23(28-15-17)36-11-8-32-6-9-34-10-7-32;1-2-34-24(32)30-23-28-20-12-16(11-18(22(20)29-23)19-5-3-4-6-25-19)17-13-26-21(27-14-17)15-31-7-9-33-10-8-31;1-3-30-22(29)27-21-25-19-11-15(14-7-8-17(13(2)28)24-12-14)10-16(20(19)26-21)18-6-4-5-9-23-18/h3-5,12-15H,2,6-11H2,1H3,(H3,25,30,31,32,34);3-5,12-15H,2,6-11H2,1H3,(H2,29,30,31,33);3-6,11-14H,2,7-10,15H2,1H3,(H2,28,29,30,32);4-12H,3H2,1-2H3,(H2,25,26,27,29). The summed E-state index contributed by atoms with van der Waals surface area (Å²) in [5.41, 5.74) is 17.2. The van der Waals surface area contributed by atoms with Crippen molar-refractivity contribution in [3.05, 3.63) is 201 Å². The zero-order valence-electron chi connectivity index (χ0n) is 75.0. The third-order valence-corrected chi connectivity index (χ3v) is 21.3. The summed E-state index contributed by atoms with van der Waals surface area (Å²) < 4.78 is 42.4. The van der Waals surface area contributed by atoms with Crippen LogP contribution >= 0.6 is 0 Å². The Labute approximate surface area is 777 Å². The first kappa shape index (κ1) is 93.0. The minimum atomic E-state index is -0.591. The number of nitrogens with zero attached hydrogens (tertiary/aromatic N) is 20. The maximum Gasteiger partial charge on any atom is 0.413 e. The van der Waals surface area contributed by atoms with E-state index in [0.717, 1.165) is 176 Å². The number of pyridine rings is 3. The van der Waals surface area contributed by atoms with Crippen molar-refractivity contribution in [2.24, 2.45) is 0 Å². The smallest absolute Gasteiger partial charge is 0.413 e. The molecule has 3 aliphatic rings. The van der Waals surface area contributed by atoms with Gasteiger partial charge >= 0.3 is 36.3 Å². The molecule has 12 aromatic heterocycles. The summed E-state index contributed by atoms with van der Waals surface area (Å²) >= 11 is 0. The lowest BCUT2D eigenvalue weighted by atomic mass is 10.0. The molecule has 0 bridgehead atoms. The van der Waals surface area contributed by atoms with Crippen LogP contribution in [0.25, 0.3) is 134 Å². The molecule has 0 atom stereocenters. The fraction of sp³-hybridized carbons (Fsp3) is 0.277. The second-order valence-electron chi connectivity index (χ2n) is 30.5. The van der Waals surface area contributed by atoms with E-state index in [2.05, 4.69) is 146 Å². The van der Waals surface area contributed by atoms with E-state index in [1.165, 1.54) is 6.92 Å². The number of hydrogen-bond donors (Lipinski definition) is 9. The molecule has 5 amide bonds. The molecule has 9 N–H and O–H groups in total. The predicted molar refractivity (Wildman–Crippen MR) is 505 cm³/mol. The predicted octanol–water partition coefficient (Wildman–Crippen LogP) is 13.0. The number of amides is 5. The van der Waals surface area contributed by atoms with Crippen molar-refractivity contribution in [1.29, 1.82) is 0 Å². The second-order valence-corrected chi connectivity index (χ2v) is 30.5. The third-order valence-electron chi connectivity index (χ3n) is 21.3. The molecule has 0 spiro atoms. The Balaban J connectivity index is 0.000000132. The summed E-state index contributed by atoms with van der Waals surface area (Å²) in [4.78, 5) is 154. The van der Waals surface area contributed by atoms with Crippen LogP contribution in [0, 0.1) is 0 Å². The van der Waals surface area contributed by atoms with Gasteiger partial charge in [-0.1, -0.05) is 18.2 Å². The van der Waals surface area contributed by atoms with E-state index < -0.39 is 18.3 Å². The van der Waals surface area contributed by atoms with Crippen LogP contribution in [0.5, 0.6) is 12.0 Å². The van der Waals surface area contributed by atoms with E-state index in [0.29, 0.717) is 112 Å². The van der Waals surface area contributed by atoms with E-state index in [1.807, 2.05) is 110 Å². The molecule has 4 aromatic carbocycles. The highest BCUT2D eigenvalue weighted by atomic mass is 16.6. The molecule has 0 radical (unpaired) electrons. The first-order chi connectivity index (χ1) is 66.6. The Hall–Kier alpha value is -16.3. The number of hydrogen-bond acceptors (Lipinski definition) is 33. The minimum Gasteiger partial charge on any atom is -0.462 e.